The molecule has 0 amide bonds. The van der Waals surface area contributed by atoms with E-state index in [0.717, 1.165) is 16.4 Å². The van der Waals surface area contributed by atoms with Gasteiger partial charge in [-0.25, -0.2) is 9.97 Å². The van der Waals surface area contributed by atoms with Crippen molar-refractivity contribution in [1.82, 2.24) is 9.97 Å². The molecule has 0 radical (unpaired) electrons. The van der Waals surface area contributed by atoms with Gasteiger partial charge >= 0.3 is 0 Å². The Balaban J connectivity index is 0.00000256. The molecule has 154 valence electrons. The third kappa shape index (κ3) is 5.63. The first-order valence-electron chi connectivity index (χ1n) is 8.96. The largest absolute Gasteiger partial charge is 0.485 e. The Morgan fingerprint density at radius 1 is 1.03 bits per heavy atom. The zero-order valence-electron chi connectivity index (χ0n) is 16.0. The fourth-order valence-corrected chi connectivity index (χ4v) is 3.45. The number of thiazole rings is 1. The Kier molecular flexibility index (Phi) is 7.52. The Hall–Kier alpha value is -2.80. The maximum absolute atomic E-state index is 6.20. The highest BCUT2D eigenvalue weighted by molar-refractivity contribution is 7.13. The summed E-state index contributed by atoms with van der Waals surface area (Å²) in [5, 5.41) is 6.47. The molecule has 0 spiro atoms. The maximum Gasteiger partial charge on any atom is 0.188 e. The molecule has 8 heteroatoms. The highest BCUT2D eigenvalue weighted by Gasteiger charge is 2.12. The van der Waals surface area contributed by atoms with Crippen molar-refractivity contribution < 1.29 is 9.47 Å². The zero-order chi connectivity index (χ0) is 20.1. The van der Waals surface area contributed by atoms with E-state index in [1.807, 2.05) is 54.8 Å². The molecule has 0 unspecified atom stereocenters. The maximum atomic E-state index is 6.20. The lowest BCUT2D eigenvalue weighted by Crippen LogP contribution is -2.02. The van der Waals surface area contributed by atoms with Gasteiger partial charge in [-0.2, -0.15) is 0 Å². The average Bonchev–Trinajstić information content (AvgIpc) is 3.15. The van der Waals surface area contributed by atoms with Crippen molar-refractivity contribution in [3.63, 3.8) is 0 Å². The molecule has 4 aromatic rings. The number of rotatable bonds is 7. The van der Waals surface area contributed by atoms with Gasteiger partial charge in [-0.1, -0.05) is 54.1 Å². The van der Waals surface area contributed by atoms with Crippen LogP contribution >= 0.6 is 35.3 Å². The molecule has 0 aliphatic heterocycles. The molecule has 0 saturated carbocycles. The SMILES string of the molecule is Cc1csc(Nc2ncc(Oc3ccccc3Cl)cc2OCc2ccccc2)n1.Cl. The Bertz CT molecular complexity index is 1110. The number of ether oxygens (including phenoxy) is 2. The molecule has 0 aliphatic carbocycles. The van der Waals surface area contributed by atoms with Crippen LogP contribution < -0.4 is 14.8 Å². The summed E-state index contributed by atoms with van der Waals surface area (Å²) in [6, 6.07) is 19.0. The monoisotopic (exact) mass is 459 g/mol. The van der Waals surface area contributed by atoms with Gasteiger partial charge in [-0.15, -0.1) is 23.7 Å². The van der Waals surface area contributed by atoms with Crippen LogP contribution in [0.3, 0.4) is 0 Å². The summed E-state index contributed by atoms with van der Waals surface area (Å²) < 4.78 is 11.9. The Morgan fingerprint density at radius 2 is 1.80 bits per heavy atom. The number of hydrogen-bond donors (Lipinski definition) is 1. The minimum Gasteiger partial charge on any atom is -0.485 e. The lowest BCUT2D eigenvalue weighted by atomic mass is 10.2. The summed E-state index contributed by atoms with van der Waals surface area (Å²) in [7, 11) is 0. The molecular weight excluding hydrogens is 441 g/mol. The molecule has 0 fully saturated rings. The number of anilines is 2. The quantitative estimate of drug-likeness (QED) is 0.321. The molecule has 5 nitrogen and oxygen atoms in total. The second kappa shape index (κ2) is 10.3. The van der Waals surface area contributed by atoms with E-state index in [4.69, 9.17) is 21.1 Å². The molecule has 0 bridgehead atoms. The number of hydrogen-bond acceptors (Lipinski definition) is 6. The summed E-state index contributed by atoms with van der Waals surface area (Å²) in [5.74, 6) is 2.22. The first-order chi connectivity index (χ1) is 14.2. The smallest absolute Gasteiger partial charge is 0.188 e. The number of benzene rings is 2. The first-order valence-corrected chi connectivity index (χ1v) is 10.2. The fourth-order valence-electron chi connectivity index (χ4n) is 2.59. The van der Waals surface area contributed by atoms with Gasteiger partial charge in [0, 0.05) is 11.4 Å². The van der Waals surface area contributed by atoms with E-state index >= 15 is 0 Å². The molecule has 1 N–H and O–H groups in total. The van der Waals surface area contributed by atoms with Gasteiger partial charge in [0.05, 0.1) is 16.9 Å². The molecule has 2 aromatic carbocycles. The summed E-state index contributed by atoms with van der Waals surface area (Å²) in [5.41, 5.74) is 2.00. The van der Waals surface area contributed by atoms with Crippen LogP contribution in [-0.2, 0) is 6.61 Å². The minimum atomic E-state index is 0. The van der Waals surface area contributed by atoms with Gasteiger partial charge in [0.1, 0.15) is 18.1 Å². The third-order valence-electron chi connectivity index (χ3n) is 3.97. The van der Waals surface area contributed by atoms with Crippen molar-refractivity contribution in [2.75, 3.05) is 5.32 Å². The number of nitrogens with zero attached hydrogens (tertiary/aromatic N) is 2. The van der Waals surface area contributed by atoms with Crippen LogP contribution in [0.25, 0.3) is 0 Å². The van der Waals surface area contributed by atoms with Gasteiger partial charge in [0.15, 0.2) is 16.7 Å². The first kappa shape index (κ1) is 21.9. The van der Waals surface area contributed by atoms with Crippen molar-refractivity contribution in [2.24, 2.45) is 0 Å². The van der Waals surface area contributed by atoms with E-state index in [1.165, 1.54) is 11.3 Å². The van der Waals surface area contributed by atoms with Crippen LogP contribution in [0.5, 0.6) is 17.2 Å². The second-order valence-corrected chi connectivity index (χ2v) is 7.51. The molecule has 2 heterocycles. The second-order valence-electron chi connectivity index (χ2n) is 6.24. The van der Waals surface area contributed by atoms with Gasteiger partial charge in [-0.05, 0) is 24.6 Å². The summed E-state index contributed by atoms with van der Waals surface area (Å²) in [6.07, 6.45) is 1.63. The molecule has 0 atom stereocenters. The predicted octanol–water partition coefficient (Wildman–Crippen LogP) is 7.04. The van der Waals surface area contributed by atoms with Gasteiger partial charge in [0.2, 0.25) is 0 Å². The van der Waals surface area contributed by atoms with Crippen LogP contribution in [0.15, 0.2) is 72.2 Å². The lowest BCUT2D eigenvalue weighted by molar-refractivity contribution is 0.305. The number of aromatic nitrogens is 2. The molecule has 4 rings (SSSR count). The number of halogens is 2. The number of aryl methyl sites for hydroxylation is 1. The standard InChI is InChI=1S/C22H18ClN3O2S.ClH/c1-15-14-29-22(25-15)26-21-20(27-13-16-7-3-2-4-8-16)11-17(12-24-21)28-19-10-6-5-9-18(19)23;/h2-12,14H,13H2,1H3,(H,24,25,26);1H. The Labute approximate surface area is 190 Å². The highest BCUT2D eigenvalue weighted by atomic mass is 35.5. The van der Waals surface area contributed by atoms with E-state index in [0.29, 0.717) is 34.7 Å². The van der Waals surface area contributed by atoms with E-state index in [-0.39, 0.29) is 12.4 Å². The number of pyridine rings is 1. The van der Waals surface area contributed by atoms with E-state index in [9.17, 15) is 0 Å². The highest BCUT2D eigenvalue weighted by Crippen LogP contribution is 2.34. The fraction of sp³-hybridized carbons (Fsp3) is 0.0909. The minimum absolute atomic E-state index is 0. The predicted molar refractivity (Wildman–Crippen MR) is 124 cm³/mol. The van der Waals surface area contributed by atoms with Gasteiger partial charge in [0.25, 0.3) is 0 Å². The lowest BCUT2D eigenvalue weighted by Gasteiger charge is -2.14. The van der Waals surface area contributed by atoms with Crippen LogP contribution in [0.2, 0.25) is 5.02 Å². The van der Waals surface area contributed by atoms with Crippen molar-refractivity contribution in [1.29, 1.82) is 0 Å². The van der Waals surface area contributed by atoms with Crippen molar-refractivity contribution in [3.05, 3.63) is 88.5 Å². The Morgan fingerprint density at radius 3 is 2.53 bits per heavy atom. The van der Waals surface area contributed by atoms with Crippen LogP contribution in [0.4, 0.5) is 10.9 Å². The molecule has 0 aliphatic rings. The summed E-state index contributed by atoms with van der Waals surface area (Å²) in [4.78, 5) is 8.91. The van der Waals surface area contributed by atoms with Crippen LogP contribution in [0.1, 0.15) is 11.3 Å². The summed E-state index contributed by atoms with van der Waals surface area (Å²) >= 11 is 7.71. The van der Waals surface area contributed by atoms with Crippen molar-refractivity contribution >= 4 is 46.3 Å². The van der Waals surface area contributed by atoms with E-state index in [2.05, 4.69) is 15.3 Å². The molecule has 0 saturated heterocycles. The summed E-state index contributed by atoms with van der Waals surface area (Å²) in [6.45, 7) is 2.35. The van der Waals surface area contributed by atoms with Gasteiger partial charge in [-0.3, -0.25) is 0 Å². The normalized spacial score (nSPS) is 10.2. The van der Waals surface area contributed by atoms with Gasteiger partial charge < -0.3 is 14.8 Å². The molecule has 30 heavy (non-hydrogen) atoms. The topological polar surface area (TPSA) is 56.3 Å². The van der Waals surface area contributed by atoms with Crippen LogP contribution in [-0.4, -0.2) is 9.97 Å². The van der Waals surface area contributed by atoms with Crippen LogP contribution in [0, 0.1) is 6.92 Å². The van der Waals surface area contributed by atoms with Crippen molar-refractivity contribution in [2.45, 2.75) is 13.5 Å². The number of nitrogens with one attached hydrogen (secondary N) is 1. The van der Waals surface area contributed by atoms with E-state index < -0.39 is 0 Å². The average molecular weight is 460 g/mol. The number of para-hydroxylation sites is 1. The molecular formula is C22H19Cl2N3O2S. The van der Waals surface area contributed by atoms with Crippen molar-refractivity contribution in [3.8, 4) is 17.2 Å². The molecule has 2 aromatic heterocycles. The third-order valence-corrected chi connectivity index (χ3v) is 5.16. The zero-order valence-corrected chi connectivity index (χ0v) is 18.4. The van der Waals surface area contributed by atoms with E-state index in [1.54, 1.807) is 24.4 Å².